The summed E-state index contributed by atoms with van der Waals surface area (Å²) in [4.78, 5) is 9.22. The summed E-state index contributed by atoms with van der Waals surface area (Å²) in [5.74, 6) is 1.00. The molecule has 37 heavy (non-hydrogen) atoms. The number of aromatic nitrogens is 3. The molecule has 4 heterocycles. The highest BCUT2D eigenvalue weighted by molar-refractivity contribution is 5.69. The summed E-state index contributed by atoms with van der Waals surface area (Å²) in [6.45, 7) is 6.44. The minimum atomic E-state index is -4.42. The molecule has 2 saturated heterocycles. The molecule has 0 radical (unpaired) electrons. The minimum Gasteiger partial charge on any atom is -0.396 e. The quantitative estimate of drug-likeness (QED) is 0.518. The highest BCUT2D eigenvalue weighted by Crippen LogP contribution is 2.34. The standard InChI is InChI=1S/C26H33F3N6O2/c1-17-19(3-2-4-20(17)26(27,28)29)13-23-22(15-33-7-5-18(16-36)6-8-33)31-25-21(30)14-24(32-35(23)25)34-9-11-37-12-10-34/h2-4,14,18,36H,5-13,15-16,30H2,1H3. The van der Waals surface area contributed by atoms with Gasteiger partial charge in [0.15, 0.2) is 11.5 Å². The smallest absolute Gasteiger partial charge is 0.396 e. The van der Waals surface area contributed by atoms with Crippen molar-refractivity contribution in [2.75, 3.05) is 56.6 Å². The molecule has 2 aliphatic heterocycles. The lowest BCUT2D eigenvalue weighted by molar-refractivity contribution is -0.138. The molecule has 5 rings (SSSR count). The Morgan fingerprint density at radius 1 is 1.14 bits per heavy atom. The lowest BCUT2D eigenvalue weighted by Crippen LogP contribution is -2.37. The number of halogens is 3. The zero-order valence-electron chi connectivity index (χ0n) is 21.0. The number of imidazole rings is 1. The number of nitrogens with two attached hydrogens (primary N) is 1. The van der Waals surface area contributed by atoms with Crippen molar-refractivity contribution in [3.8, 4) is 0 Å². The lowest BCUT2D eigenvalue weighted by atomic mass is 9.96. The zero-order chi connectivity index (χ0) is 26.2. The van der Waals surface area contributed by atoms with Crippen LogP contribution in [0, 0.1) is 12.8 Å². The van der Waals surface area contributed by atoms with Crippen LogP contribution in [-0.2, 0) is 23.9 Å². The second-order valence-electron chi connectivity index (χ2n) is 9.96. The van der Waals surface area contributed by atoms with Crippen LogP contribution in [0.15, 0.2) is 24.3 Å². The number of nitrogens with zero attached hydrogens (tertiary/aromatic N) is 5. The molecular weight excluding hydrogens is 485 g/mol. The molecule has 3 N–H and O–H groups in total. The van der Waals surface area contributed by atoms with Gasteiger partial charge in [-0.3, -0.25) is 4.90 Å². The van der Waals surface area contributed by atoms with Crippen LogP contribution in [0.25, 0.3) is 5.65 Å². The van der Waals surface area contributed by atoms with E-state index in [4.69, 9.17) is 20.6 Å². The number of ether oxygens (including phenoxy) is 1. The molecule has 0 bridgehead atoms. The van der Waals surface area contributed by atoms with E-state index in [0.29, 0.717) is 61.5 Å². The number of hydrogen-bond acceptors (Lipinski definition) is 7. The Morgan fingerprint density at radius 3 is 2.54 bits per heavy atom. The molecule has 0 aliphatic carbocycles. The van der Waals surface area contributed by atoms with Gasteiger partial charge in [-0.15, -0.1) is 5.10 Å². The maximum absolute atomic E-state index is 13.6. The van der Waals surface area contributed by atoms with E-state index in [0.717, 1.165) is 43.4 Å². The molecule has 2 aliphatic rings. The Kier molecular flexibility index (Phi) is 7.28. The topological polar surface area (TPSA) is 92.1 Å². The van der Waals surface area contributed by atoms with Crippen LogP contribution in [0.1, 0.15) is 40.9 Å². The van der Waals surface area contributed by atoms with Crippen molar-refractivity contribution in [1.82, 2.24) is 19.5 Å². The summed E-state index contributed by atoms with van der Waals surface area (Å²) in [5.41, 5.74) is 9.09. The fourth-order valence-electron chi connectivity index (χ4n) is 5.27. The Balaban J connectivity index is 1.56. The molecule has 200 valence electrons. The predicted molar refractivity (Wildman–Crippen MR) is 135 cm³/mol. The van der Waals surface area contributed by atoms with Crippen molar-refractivity contribution < 1.29 is 23.0 Å². The van der Waals surface area contributed by atoms with E-state index in [9.17, 15) is 18.3 Å². The Labute approximate surface area is 213 Å². The van der Waals surface area contributed by atoms with Gasteiger partial charge in [-0.25, -0.2) is 9.50 Å². The summed E-state index contributed by atoms with van der Waals surface area (Å²) in [7, 11) is 0. The first kappa shape index (κ1) is 25.7. The van der Waals surface area contributed by atoms with E-state index in [1.54, 1.807) is 10.6 Å². The van der Waals surface area contributed by atoms with Gasteiger partial charge in [-0.05, 0) is 56.0 Å². The molecule has 3 aromatic rings. The number of benzene rings is 1. The number of alkyl halides is 3. The average Bonchev–Trinajstić information content (AvgIpc) is 3.23. The van der Waals surface area contributed by atoms with Crippen LogP contribution in [0.5, 0.6) is 0 Å². The molecule has 0 spiro atoms. The number of aliphatic hydroxyl groups is 1. The van der Waals surface area contributed by atoms with Crippen molar-refractivity contribution in [2.24, 2.45) is 5.92 Å². The molecule has 8 nitrogen and oxygen atoms in total. The fraction of sp³-hybridized carbons (Fsp3) is 0.538. The normalized spacial score (nSPS) is 18.1. The molecular formula is C26H33F3N6O2. The number of hydrogen-bond donors (Lipinski definition) is 2. The number of morpholine rings is 1. The van der Waals surface area contributed by atoms with Gasteiger partial charge in [-0.2, -0.15) is 13.2 Å². The van der Waals surface area contributed by atoms with Gasteiger partial charge >= 0.3 is 6.18 Å². The van der Waals surface area contributed by atoms with E-state index in [1.165, 1.54) is 13.0 Å². The van der Waals surface area contributed by atoms with Crippen molar-refractivity contribution in [3.63, 3.8) is 0 Å². The number of rotatable bonds is 6. The fourth-order valence-corrected chi connectivity index (χ4v) is 5.27. The first-order chi connectivity index (χ1) is 17.7. The second-order valence-corrected chi connectivity index (χ2v) is 9.96. The third-order valence-corrected chi connectivity index (χ3v) is 7.56. The van der Waals surface area contributed by atoms with Crippen molar-refractivity contribution in [3.05, 3.63) is 52.3 Å². The maximum Gasteiger partial charge on any atom is 0.416 e. The summed E-state index contributed by atoms with van der Waals surface area (Å²) in [6.07, 6.45) is -2.38. The van der Waals surface area contributed by atoms with E-state index in [-0.39, 0.29) is 18.6 Å². The van der Waals surface area contributed by atoms with Crippen molar-refractivity contribution in [1.29, 1.82) is 0 Å². The number of piperidine rings is 1. The summed E-state index contributed by atoms with van der Waals surface area (Å²) >= 11 is 0. The first-order valence-corrected chi connectivity index (χ1v) is 12.7. The lowest BCUT2D eigenvalue weighted by Gasteiger charge is -2.30. The minimum absolute atomic E-state index is 0.188. The van der Waals surface area contributed by atoms with E-state index < -0.39 is 11.7 Å². The second kappa shape index (κ2) is 10.5. The van der Waals surface area contributed by atoms with Crippen LogP contribution < -0.4 is 10.6 Å². The van der Waals surface area contributed by atoms with E-state index in [2.05, 4.69) is 9.80 Å². The van der Waals surface area contributed by atoms with Gasteiger partial charge in [0.2, 0.25) is 0 Å². The highest BCUT2D eigenvalue weighted by atomic mass is 19.4. The van der Waals surface area contributed by atoms with Gasteiger partial charge in [0, 0.05) is 38.7 Å². The number of anilines is 2. The van der Waals surface area contributed by atoms with Crippen LogP contribution in [0.2, 0.25) is 0 Å². The summed E-state index contributed by atoms with van der Waals surface area (Å²) < 4.78 is 48.1. The molecule has 1 aromatic carbocycles. The Bertz CT molecular complexity index is 1250. The number of nitrogen functional groups attached to an aromatic ring is 1. The molecule has 11 heteroatoms. The van der Waals surface area contributed by atoms with Gasteiger partial charge in [-0.1, -0.05) is 12.1 Å². The molecule has 2 fully saturated rings. The monoisotopic (exact) mass is 518 g/mol. The van der Waals surface area contributed by atoms with E-state index in [1.807, 2.05) is 6.07 Å². The molecule has 0 amide bonds. The summed E-state index contributed by atoms with van der Waals surface area (Å²) in [6, 6.07) is 6.11. The number of likely N-dealkylation sites (tertiary alicyclic amines) is 1. The van der Waals surface area contributed by atoms with Gasteiger partial charge in [0.1, 0.15) is 0 Å². The molecule has 2 aromatic heterocycles. The van der Waals surface area contributed by atoms with Crippen LogP contribution in [-0.4, -0.2) is 70.6 Å². The third-order valence-electron chi connectivity index (χ3n) is 7.56. The molecule has 0 atom stereocenters. The number of aliphatic hydroxyl groups excluding tert-OH is 1. The first-order valence-electron chi connectivity index (χ1n) is 12.7. The van der Waals surface area contributed by atoms with E-state index >= 15 is 0 Å². The van der Waals surface area contributed by atoms with Gasteiger partial charge in [0.05, 0.1) is 35.9 Å². The van der Waals surface area contributed by atoms with Crippen LogP contribution in [0.4, 0.5) is 24.7 Å². The zero-order valence-corrected chi connectivity index (χ0v) is 21.0. The van der Waals surface area contributed by atoms with Gasteiger partial charge in [0.25, 0.3) is 0 Å². The number of fused-ring (bicyclic) bond motifs is 1. The van der Waals surface area contributed by atoms with Gasteiger partial charge < -0.3 is 20.5 Å². The highest BCUT2D eigenvalue weighted by Gasteiger charge is 2.33. The third kappa shape index (κ3) is 5.39. The molecule has 0 saturated carbocycles. The Hall–Kier alpha value is -2.89. The average molecular weight is 519 g/mol. The Morgan fingerprint density at radius 2 is 1.86 bits per heavy atom. The van der Waals surface area contributed by atoms with Crippen molar-refractivity contribution >= 4 is 17.2 Å². The summed E-state index contributed by atoms with van der Waals surface area (Å²) in [5, 5.41) is 14.4. The maximum atomic E-state index is 13.6. The van der Waals surface area contributed by atoms with Crippen LogP contribution >= 0.6 is 0 Å². The predicted octanol–water partition coefficient (Wildman–Crippen LogP) is 3.27. The van der Waals surface area contributed by atoms with Crippen LogP contribution in [0.3, 0.4) is 0 Å². The SMILES string of the molecule is Cc1c(Cc2c(CN3CCC(CO)CC3)nc3c(N)cc(N4CCOCC4)nn23)cccc1C(F)(F)F. The largest absolute Gasteiger partial charge is 0.416 e. The van der Waals surface area contributed by atoms with Crippen molar-refractivity contribution in [2.45, 2.75) is 38.9 Å². The molecule has 0 unspecified atom stereocenters.